The van der Waals surface area contributed by atoms with E-state index in [0.29, 0.717) is 6.04 Å². The standard InChI is InChI=1S/C18H26N6O/c1-12-10-15(16-13(2)21-22(3)17(16)20-12)18(25)24-7-4-14(11-24)23-8-5-19-6-9-23/h10,14,19H,4-9,11H2,1-3H3. The number of piperazine rings is 1. The molecule has 7 nitrogen and oxygen atoms in total. The van der Waals surface area contributed by atoms with Crippen molar-refractivity contribution in [3.8, 4) is 0 Å². The zero-order valence-corrected chi connectivity index (χ0v) is 15.2. The van der Waals surface area contributed by atoms with Gasteiger partial charge in [0.2, 0.25) is 0 Å². The molecule has 7 heteroatoms. The first-order valence-corrected chi connectivity index (χ1v) is 9.09. The Balaban J connectivity index is 1.60. The Morgan fingerprint density at radius 3 is 2.76 bits per heavy atom. The minimum atomic E-state index is 0.115. The summed E-state index contributed by atoms with van der Waals surface area (Å²) in [7, 11) is 1.88. The van der Waals surface area contributed by atoms with Gasteiger partial charge in [-0.2, -0.15) is 5.10 Å². The van der Waals surface area contributed by atoms with Crippen LogP contribution in [0.4, 0.5) is 0 Å². The van der Waals surface area contributed by atoms with Crippen LogP contribution in [-0.4, -0.2) is 75.8 Å². The predicted molar refractivity (Wildman–Crippen MR) is 96.7 cm³/mol. The number of nitrogens with zero attached hydrogens (tertiary/aromatic N) is 5. The lowest BCUT2D eigenvalue weighted by Crippen LogP contribution is -2.49. The van der Waals surface area contributed by atoms with Crippen molar-refractivity contribution < 1.29 is 4.79 Å². The quantitative estimate of drug-likeness (QED) is 0.870. The second-order valence-corrected chi connectivity index (χ2v) is 7.20. The minimum Gasteiger partial charge on any atom is -0.337 e. The first-order valence-electron chi connectivity index (χ1n) is 9.09. The number of carbonyl (C=O) groups excluding carboxylic acids is 1. The molecule has 0 bridgehead atoms. The number of aromatic nitrogens is 3. The van der Waals surface area contributed by atoms with Gasteiger partial charge in [0.15, 0.2) is 5.65 Å². The fourth-order valence-corrected chi connectivity index (χ4v) is 4.18. The molecule has 2 aromatic rings. The highest BCUT2D eigenvalue weighted by Gasteiger charge is 2.32. The molecule has 1 amide bonds. The predicted octanol–water partition coefficient (Wildman–Crippen LogP) is 0.705. The van der Waals surface area contributed by atoms with Gasteiger partial charge in [0, 0.05) is 58.1 Å². The molecule has 0 aromatic carbocycles. The van der Waals surface area contributed by atoms with E-state index in [4.69, 9.17) is 0 Å². The summed E-state index contributed by atoms with van der Waals surface area (Å²) in [5.41, 5.74) is 3.26. The molecule has 4 heterocycles. The van der Waals surface area contributed by atoms with Gasteiger partial charge < -0.3 is 10.2 Å². The number of aryl methyl sites for hydroxylation is 3. The van der Waals surface area contributed by atoms with Crippen molar-refractivity contribution in [3.05, 3.63) is 23.0 Å². The van der Waals surface area contributed by atoms with Crippen LogP contribution in [0.3, 0.4) is 0 Å². The van der Waals surface area contributed by atoms with E-state index in [1.807, 2.05) is 31.9 Å². The van der Waals surface area contributed by atoms with Gasteiger partial charge in [-0.1, -0.05) is 0 Å². The lowest BCUT2D eigenvalue weighted by Gasteiger charge is -2.32. The molecule has 1 unspecified atom stereocenters. The molecule has 1 atom stereocenters. The lowest BCUT2D eigenvalue weighted by molar-refractivity contribution is 0.0775. The van der Waals surface area contributed by atoms with Crippen molar-refractivity contribution in [2.24, 2.45) is 7.05 Å². The van der Waals surface area contributed by atoms with E-state index in [1.165, 1.54) is 0 Å². The van der Waals surface area contributed by atoms with E-state index in [-0.39, 0.29) is 5.91 Å². The number of nitrogens with one attached hydrogen (secondary N) is 1. The molecule has 0 spiro atoms. The molecule has 1 N–H and O–H groups in total. The zero-order chi connectivity index (χ0) is 17.6. The van der Waals surface area contributed by atoms with E-state index in [1.54, 1.807) is 4.68 Å². The summed E-state index contributed by atoms with van der Waals surface area (Å²) < 4.78 is 1.77. The average Bonchev–Trinajstić information content (AvgIpc) is 3.20. The highest BCUT2D eigenvalue weighted by molar-refractivity contribution is 6.06. The molecule has 4 rings (SSSR count). The highest BCUT2D eigenvalue weighted by Crippen LogP contribution is 2.25. The number of hydrogen-bond donors (Lipinski definition) is 1. The monoisotopic (exact) mass is 342 g/mol. The van der Waals surface area contributed by atoms with Crippen molar-refractivity contribution in [1.82, 2.24) is 29.9 Å². The summed E-state index contributed by atoms with van der Waals surface area (Å²) in [4.78, 5) is 22.3. The number of hydrogen-bond acceptors (Lipinski definition) is 5. The molecule has 134 valence electrons. The van der Waals surface area contributed by atoms with Gasteiger partial charge in [0.25, 0.3) is 5.91 Å². The van der Waals surface area contributed by atoms with E-state index in [2.05, 4.69) is 20.3 Å². The highest BCUT2D eigenvalue weighted by atomic mass is 16.2. The van der Waals surface area contributed by atoms with Crippen LogP contribution in [0.25, 0.3) is 11.0 Å². The molecule has 0 saturated carbocycles. The largest absolute Gasteiger partial charge is 0.337 e. The van der Waals surface area contributed by atoms with Crippen LogP contribution >= 0.6 is 0 Å². The van der Waals surface area contributed by atoms with Crippen LogP contribution in [0.5, 0.6) is 0 Å². The van der Waals surface area contributed by atoms with Crippen molar-refractivity contribution in [2.45, 2.75) is 26.3 Å². The number of carbonyl (C=O) groups is 1. The van der Waals surface area contributed by atoms with Crippen molar-refractivity contribution in [2.75, 3.05) is 39.3 Å². The number of amides is 1. The molecule has 0 radical (unpaired) electrons. The first-order chi connectivity index (χ1) is 12.0. The van der Waals surface area contributed by atoms with Crippen LogP contribution in [-0.2, 0) is 7.05 Å². The lowest BCUT2D eigenvalue weighted by atomic mass is 10.1. The van der Waals surface area contributed by atoms with Crippen LogP contribution in [0.15, 0.2) is 6.07 Å². The topological polar surface area (TPSA) is 66.3 Å². The SMILES string of the molecule is Cc1cc(C(=O)N2CCC(N3CCNCC3)C2)c2c(C)nn(C)c2n1. The second-order valence-electron chi connectivity index (χ2n) is 7.20. The van der Waals surface area contributed by atoms with Gasteiger partial charge in [-0.05, 0) is 26.3 Å². The van der Waals surface area contributed by atoms with Crippen LogP contribution < -0.4 is 5.32 Å². The summed E-state index contributed by atoms with van der Waals surface area (Å²) in [5.74, 6) is 0.115. The van der Waals surface area contributed by atoms with Gasteiger partial charge in [0.05, 0.1) is 16.6 Å². The van der Waals surface area contributed by atoms with Crippen LogP contribution in [0.1, 0.15) is 28.2 Å². The normalized spacial score (nSPS) is 22.0. The third-order valence-corrected chi connectivity index (χ3v) is 5.45. The maximum Gasteiger partial charge on any atom is 0.254 e. The molecule has 2 aromatic heterocycles. The maximum absolute atomic E-state index is 13.2. The summed E-state index contributed by atoms with van der Waals surface area (Å²) in [6, 6.07) is 2.40. The van der Waals surface area contributed by atoms with Gasteiger partial charge in [-0.15, -0.1) is 0 Å². The number of rotatable bonds is 2. The Labute approximate surface area is 148 Å². The molecule has 2 fully saturated rings. The smallest absolute Gasteiger partial charge is 0.254 e. The minimum absolute atomic E-state index is 0.115. The first kappa shape index (κ1) is 16.5. The summed E-state index contributed by atoms with van der Waals surface area (Å²) in [6.07, 6.45) is 1.06. The van der Waals surface area contributed by atoms with E-state index < -0.39 is 0 Å². The maximum atomic E-state index is 13.2. The van der Waals surface area contributed by atoms with Crippen LogP contribution in [0.2, 0.25) is 0 Å². The number of fused-ring (bicyclic) bond motifs is 1. The van der Waals surface area contributed by atoms with E-state index in [9.17, 15) is 4.79 Å². The Bertz CT molecular complexity index is 807. The average molecular weight is 342 g/mol. The van der Waals surface area contributed by atoms with E-state index in [0.717, 1.165) is 73.7 Å². The van der Waals surface area contributed by atoms with Gasteiger partial charge >= 0.3 is 0 Å². The van der Waals surface area contributed by atoms with Crippen molar-refractivity contribution >= 4 is 16.9 Å². The fraction of sp³-hybridized carbons (Fsp3) is 0.611. The third-order valence-electron chi connectivity index (χ3n) is 5.45. The Hall–Kier alpha value is -1.99. The van der Waals surface area contributed by atoms with Gasteiger partial charge in [0.1, 0.15) is 0 Å². The molecule has 25 heavy (non-hydrogen) atoms. The summed E-state index contributed by atoms with van der Waals surface area (Å²) in [5, 5.41) is 8.74. The van der Waals surface area contributed by atoms with Crippen molar-refractivity contribution in [3.63, 3.8) is 0 Å². The Morgan fingerprint density at radius 1 is 1.24 bits per heavy atom. The molecular formula is C18H26N6O. The van der Waals surface area contributed by atoms with Gasteiger partial charge in [-0.3, -0.25) is 14.4 Å². The molecule has 2 saturated heterocycles. The van der Waals surface area contributed by atoms with Crippen molar-refractivity contribution in [1.29, 1.82) is 0 Å². The molecular weight excluding hydrogens is 316 g/mol. The third kappa shape index (κ3) is 2.91. The van der Waals surface area contributed by atoms with Gasteiger partial charge in [-0.25, -0.2) is 4.98 Å². The number of likely N-dealkylation sites (tertiary alicyclic amines) is 1. The van der Waals surface area contributed by atoms with Crippen LogP contribution in [0, 0.1) is 13.8 Å². The summed E-state index contributed by atoms with van der Waals surface area (Å²) in [6.45, 7) is 9.78. The molecule has 0 aliphatic carbocycles. The second kappa shape index (κ2) is 6.38. The Morgan fingerprint density at radius 2 is 2.00 bits per heavy atom. The zero-order valence-electron chi connectivity index (χ0n) is 15.2. The van der Waals surface area contributed by atoms with E-state index >= 15 is 0 Å². The fourth-order valence-electron chi connectivity index (χ4n) is 4.18. The summed E-state index contributed by atoms with van der Waals surface area (Å²) >= 11 is 0. The Kier molecular flexibility index (Phi) is 4.21. The molecule has 2 aliphatic rings. The molecule has 2 aliphatic heterocycles. The number of pyridine rings is 1.